The van der Waals surface area contributed by atoms with E-state index in [4.69, 9.17) is 5.73 Å². The van der Waals surface area contributed by atoms with E-state index in [2.05, 4.69) is 52.7 Å². The number of nitrogens with one attached hydrogen (secondary N) is 4. The average molecular weight is 432 g/mol. The molecule has 10 nitrogen and oxygen atoms in total. The van der Waals surface area contributed by atoms with Crippen LogP contribution in [-0.4, -0.2) is 55.9 Å². The largest absolute Gasteiger partial charge is 0.370 e. The van der Waals surface area contributed by atoms with Crippen LogP contribution < -0.4 is 16.0 Å². The molecule has 10 heteroatoms. The van der Waals surface area contributed by atoms with Crippen molar-refractivity contribution in [3.05, 3.63) is 55.0 Å². The van der Waals surface area contributed by atoms with Crippen LogP contribution in [0.15, 0.2) is 49.2 Å². The highest BCUT2D eigenvalue weighted by Gasteiger charge is 2.22. The second kappa shape index (κ2) is 8.67. The maximum Gasteiger partial charge on any atom is 0.291 e. The van der Waals surface area contributed by atoms with Crippen molar-refractivity contribution < 1.29 is 4.79 Å². The average Bonchev–Trinajstić information content (AvgIpc) is 3.61. The van der Waals surface area contributed by atoms with Crippen LogP contribution in [0.25, 0.3) is 22.4 Å². The molecule has 0 saturated carbocycles. The number of anilines is 2. The number of benzene rings is 1. The Hall–Kier alpha value is -3.92. The van der Waals surface area contributed by atoms with Gasteiger partial charge in [0.05, 0.1) is 29.5 Å². The van der Waals surface area contributed by atoms with Crippen LogP contribution in [0.2, 0.25) is 0 Å². The molecule has 1 aromatic carbocycles. The monoisotopic (exact) mass is 431 g/mol. The molecule has 3 aromatic heterocycles. The molecule has 5 rings (SSSR count). The van der Waals surface area contributed by atoms with E-state index in [0.717, 1.165) is 54.0 Å². The molecule has 1 aliphatic heterocycles. The van der Waals surface area contributed by atoms with Crippen LogP contribution in [0, 0.1) is 5.92 Å². The zero-order valence-corrected chi connectivity index (χ0v) is 17.5. The van der Waals surface area contributed by atoms with E-state index >= 15 is 0 Å². The first kappa shape index (κ1) is 20.0. The normalized spacial score (nSPS) is 14.6. The fraction of sp³-hybridized carbons (Fsp3) is 0.273. The number of piperidine rings is 1. The Labute approximate surface area is 184 Å². The minimum absolute atomic E-state index is 0.239. The van der Waals surface area contributed by atoms with Crippen molar-refractivity contribution in [1.82, 2.24) is 30.4 Å². The zero-order valence-electron chi connectivity index (χ0n) is 17.5. The fourth-order valence-electron chi connectivity index (χ4n) is 4.07. The van der Waals surface area contributed by atoms with Gasteiger partial charge in [-0.05, 0) is 43.0 Å². The lowest BCUT2D eigenvalue weighted by atomic mass is 9.96. The van der Waals surface area contributed by atoms with E-state index in [0.29, 0.717) is 18.2 Å². The molecule has 0 unspecified atom stereocenters. The lowest BCUT2D eigenvalue weighted by Gasteiger charge is -2.34. The summed E-state index contributed by atoms with van der Waals surface area (Å²) in [5.74, 6) is 0.490. The second-order valence-electron chi connectivity index (χ2n) is 7.96. The summed E-state index contributed by atoms with van der Waals surface area (Å²) in [6.45, 7) is 2.52. The Bertz CT molecular complexity index is 1170. The minimum Gasteiger partial charge on any atom is -0.370 e. The van der Waals surface area contributed by atoms with Crippen LogP contribution in [0.5, 0.6) is 0 Å². The first-order valence-corrected chi connectivity index (χ1v) is 10.7. The standard InChI is InChI=1S/C22H25N9O/c23-8-14-3-5-31(6-4-14)20-2-1-15(16-9-25-26-10-16)7-18(20)30-22(32)21-24-13-19(29-21)17-11-27-28-12-17/h1-2,7,9-14H,3-6,8,23H2,(H,24,29)(H,25,26)(H,27,28)(H,30,32). The topological polar surface area (TPSA) is 144 Å². The number of H-pyrrole nitrogens is 3. The summed E-state index contributed by atoms with van der Waals surface area (Å²) in [5, 5.41) is 16.6. The van der Waals surface area contributed by atoms with Gasteiger partial charge in [0, 0.05) is 42.8 Å². The van der Waals surface area contributed by atoms with Gasteiger partial charge >= 0.3 is 0 Å². The minimum atomic E-state index is -0.304. The van der Waals surface area contributed by atoms with Gasteiger partial charge in [-0.2, -0.15) is 10.2 Å². The smallest absolute Gasteiger partial charge is 0.291 e. The van der Waals surface area contributed by atoms with Crippen molar-refractivity contribution >= 4 is 17.3 Å². The van der Waals surface area contributed by atoms with Gasteiger partial charge in [0.15, 0.2) is 5.82 Å². The van der Waals surface area contributed by atoms with E-state index < -0.39 is 0 Å². The van der Waals surface area contributed by atoms with Crippen molar-refractivity contribution in [2.45, 2.75) is 12.8 Å². The third-order valence-corrected chi connectivity index (χ3v) is 5.95. The quantitative estimate of drug-likeness (QED) is 0.317. The summed E-state index contributed by atoms with van der Waals surface area (Å²) in [5.41, 5.74) is 11.0. The molecule has 0 atom stereocenters. The van der Waals surface area contributed by atoms with Crippen LogP contribution >= 0.6 is 0 Å². The highest BCUT2D eigenvalue weighted by Crippen LogP contribution is 2.34. The molecular weight excluding hydrogens is 406 g/mol. The van der Waals surface area contributed by atoms with E-state index in [-0.39, 0.29) is 11.7 Å². The summed E-state index contributed by atoms with van der Waals surface area (Å²) >= 11 is 0. The van der Waals surface area contributed by atoms with Crippen molar-refractivity contribution in [2.24, 2.45) is 11.7 Å². The van der Waals surface area contributed by atoms with E-state index in [9.17, 15) is 4.79 Å². The van der Waals surface area contributed by atoms with Gasteiger partial charge in [-0.1, -0.05) is 6.07 Å². The third-order valence-electron chi connectivity index (χ3n) is 5.95. The summed E-state index contributed by atoms with van der Waals surface area (Å²) < 4.78 is 0. The highest BCUT2D eigenvalue weighted by atomic mass is 16.2. The number of amides is 1. The molecule has 1 fully saturated rings. The number of carbonyl (C=O) groups is 1. The van der Waals surface area contributed by atoms with Gasteiger partial charge in [-0.25, -0.2) is 4.98 Å². The maximum absolute atomic E-state index is 13.0. The Morgan fingerprint density at radius 2 is 1.81 bits per heavy atom. The molecule has 1 aliphatic rings. The number of aromatic nitrogens is 6. The van der Waals surface area contributed by atoms with Gasteiger partial charge in [0.25, 0.3) is 5.91 Å². The number of imidazole rings is 1. The van der Waals surface area contributed by atoms with Crippen molar-refractivity contribution in [1.29, 1.82) is 0 Å². The first-order chi connectivity index (χ1) is 15.7. The summed E-state index contributed by atoms with van der Waals surface area (Å²) in [4.78, 5) is 22.7. The Morgan fingerprint density at radius 3 is 2.50 bits per heavy atom. The van der Waals surface area contributed by atoms with E-state index in [1.807, 2.05) is 12.3 Å². The lowest BCUT2D eigenvalue weighted by molar-refractivity contribution is 0.101. The molecule has 0 aliphatic carbocycles. The van der Waals surface area contributed by atoms with Gasteiger partial charge < -0.3 is 20.9 Å². The van der Waals surface area contributed by atoms with Crippen LogP contribution in [0.3, 0.4) is 0 Å². The zero-order chi connectivity index (χ0) is 21.9. The summed E-state index contributed by atoms with van der Waals surface area (Å²) in [6.07, 6.45) is 10.8. The van der Waals surface area contributed by atoms with Crippen LogP contribution in [-0.2, 0) is 0 Å². The van der Waals surface area contributed by atoms with E-state index in [1.165, 1.54) is 0 Å². The van der Waals surface area contributed by atoms with Crippen LogP contribution in [0.4, 0.5) is 11.4 Å². The van der Waals surface area contributed by atoms with E-state index in [1.54, 1.807) is 24.8 Å². The van der Waals surface area contributed by atoms with Gasteiger partial charge in [0.1, 0.15) is 0 Å². The Morgan fingerprint density at radius 1 is 1.06 bits per heavy atom. The number of nitrogens with zero attached hydrogens (tertiary/aromatic N) is 4. The molecule has 1 saturated heterocycles. The number of nitrogens with two attached hydrogens (primary N) is 1. The number of rotatable bonds is 6. The Balaban J connectivity index is 1.42. The molecule has 1 amide bonds. The fourth-order valence-corrected chi connectivity index (χ4v) is 4.07. The molecule has 4 heterocycles. The molecule has 0 spiro atoms. The molecule has 4 aromatic rings. The molecule has 164 valence electrons. The second-order valence-corrected chi connectivity index (χ2v) is 7.96. The molecular formula is C22H25N9O. The number of hydrogen-bond donors (Lipinski definition) is 5. The molecule has 32 heavy (non-hydrogen) atoms. The highest BCUT2D eigenvalue weighted by molar-refractivity contribution is 6.04. The van der Waals surface area contributed by atoms with Gasteiger partial charge in [0.2, 0.25) is 0 Å². The molecule has 0 radical (unpaired) electrons. The van der Waals surface area contributed by atoms with Crippen LogP contribution in [0.1, 0.15) is 23.5 Å². The summed E-state index contributed by atoms with van der Waals surface area (Å²) in [6, 6.07) is 6.08. The molecule has 6 N–H and O–H groups in total. The van der Waals surface area contributed by atoms with Crippen molar-refractivity contribution in [3.8, 4) is 22.4 Å². The predicted octanol–water partition coefficient (Wildman–Crippen LogP) is 2.62. The van der Waals surface area contributed by atoms with Crippen molar-refractivity contribution in [3.63, 3.8) is 0 Å². The number of hydrogen-bond acceptors (Lipinski definition) is 6. The van der Waals surface area contributed by atoms with Crippen molar-refractivity contribution in [2.75, 3.05) is 29.9 Å². The number of carbonyl (C=O) groups excluding carboxylic acids is 1. The predicted molar refractivity (Wildman–Crippen MR) is 122 cm³/mol. The van der Waals surface area contributed by atoms with Gasteiger partial charge in [-0.15, -0.1) is 0 Å². The first-order valence-electron chi connectivity index (χ1n) is 10.7. The SMILES string of the molecule is NCC1CCN(c2ccc(-c3cn[nH]c3)cc2NC(=O)c2nc(-c3cn[nH]c3)c[nH]2)CC1. The maximum atomic E-state index is 13.0. The molecule has 0 bridgehead atoms. The summed E-state index contributed by atoms with van der Waals surface area (Å²) in [7, 11) is 0. The lowest BCUT2D eigenvalue weighted by Crippen LogP contribution is -2.36. The Kier molecular flexibility index (Phi) is 5.42. The third kappa shape index (κ3) is 4.00. The van der Waals surface area contributed by atoms with Gasteiger partial charge in [-0.3, -0.25) is 15.0 Å². The number of aromatic amines is 3.